The lowest BCUT2D eigenvalue weighted by Gasteiger charge is -2.02. The molecular formula is C14H12N2O2. The Labute approximate surface area is 105 Å². The van der Waals surface area contributed by atoms with Crippen molar-refractivity contribution in [1.82, 2.24) is 4.90 Å². The van der Waals surface area contributed by atoms with Gasteiger partial charge >= 0.3 is 0 Å². The van der Waals surface area contributed by atoms with Gasteiger partial charge in [0.1, 0.15) is 0 Å². The van der Waals surface area contributed by atoms with Crippen molar-refractivity contribution < 1.29 is 9.59 Å². The number of rotatable bonds is 2. The Morgan fingerprint density at radius 3 is 2.50 bits per heavy atom. The third kappa shape index (κ3) is 2.30. The Morgan fingerprint density at radius 1 is 1.33 bits per heavy atom. The minimum atomic E-state index is -0.235. The van der Waals surface area contributed by atoms with E-state index in [4.69, 9.17) is 5.26 Å². The summed E-state index contributed by atoms with van der Waals surface area (Å²) in [6, 6.07) is 9.46. The SMILES string of the molecule is CN1C(=O)C/C(=C\c2ccc(CC#N)cc2)C1=O. The zero-order valence-electron chi connectivity index (χ0n) is 10.0. The highest BCUT2D eigenvalue weighted by Crippen LogP contribution is 2.20. The van der Waals surface area contributed by atoms with E-state index in [1.165, 1.54) is 7.05 Å². The smallest absolute Gasteiger partial charge is 0.256 e. The third-order valence-corrected chi connectivity index (χ3v) is 2.90. The number of hydrogen-bond acceptors (Lipinski definition) is 3. The van der Waals surface area contributed by atoms with Crippen molar-refractivity contribution in [2.45, 2.75) is 12.8 Å². The second-order valence-corrected chi connectivity index (χ2v) is 4.18. The van der Waals surface area contributed by atoms with Crippen molar-refractivity contribution in [2.75, 3.05) is 7.05 Å². The molecule has 18 heavy (non-hydrogen) atoms. The number of likely N-dealkylation sites (N-methyl/N-ethyl adjacent to an activating group) is 1. The molecule has 0 radical (unpaired) electrons. The number of amides is 2. The molecule has 0 unspecified atom stereocenters. The lowest BCUT2D eigenvalue weighted by atomic mass is 10.1. The molecule has 1 aromatic rings. The van der Waals surface area contributed by atoms with Crippen LogP contribution in [0.5, 0.6) is 0 Å². The average Bonchev–Trinajstić information content (AvgIpc) is 2.60. The van der Waals surface area contributed by atoms with Crippen LogP contribution in [0.2, 0.25) is 0 Å². The zero-order chi connectivity index (χ0) is 13.1. The number of imide groups is 1. The van der Waals surface area contributed by atoms with Crippen molar-refractivity contribution in [3.05, 3.63) is 41.0 Å². The lowest BCUT2D eigenvalue weighted by molar-refractivity contribution is -0.135. The molecule has 0 spiro atoms. The molecule has 2 rings (SSSR count). The standard InChI is InChI=1S/C14H12N2O2/c1-16-13(17)9-12(14(16)18)8-11-4-2-10(3-5-11)6-7-15/h2-5,8H,6,9H2,1H3/b12-8+. The molecule has 1 saturated heterocycles. The minimum absolute atomic E-state index is 0.162. The van der Waals surface area contributed by atoms with Crippen LogP contribution in [0.3, 0.4) is 0 Å². The second-order valence-electron chi connectivity index (χ2n) is 4.18. The van der Waals surface area contributed by atoms with Crippen molar-refractivity contribution in [2.24, 2.45) is 0 Å². The van der Waals surface area contributed by atoms with Gasteiger partial charge in [-0.15, -0.1) is 0 Å². The van der Waals surface area contributed by atoms with Crippen LogP contribution in [0.15, 0.2) is 29.8 Å². The van der Waals surface area contributed by atoms with E-state index in [1.54, 1.807) is 6.08 Å². The largest absolute Gasteiger partial charge is 0.282 e. The van der Waals surface area contributed by atoms with E-state index in [-0.39, 0.29) is 18.2 Å². The van der Waals surface area contributed by atoms with Crippen LogP contribution >= 0.6 is 0 Å². The summed E-state index contributed by atoms with van der Waals surface area (Å²) < 4.78 is 0. The summed E-state index contributed by atoms with van der Waals surface area (Å²) >= 11 is 0. The van der Waals surface area contributed by atoms with Gasteiger partial charge in [0.25, 0.3) is 5.91 Å². The van der Waals surface area contributed by atoms with E-state index in [9.17, 15) is 9.59 Å². The summed E-state index contributed by atoms with van der Waals surface area (Å²) in [7, 11) is 1.49. The first-order chi connectivity index (χ1) is 8.61. The number of nitriles is 1. The number of benzene rings is 1. The van der Waals surface area contributed by atoms with Crippen LogP contribution in [0.4, 0.5) is 0 Å². The monoisotopic (exact) mass is 240 g/mol. The molecule has 0 saturated carbocycles. The van der Waals surface area contributed by atoms with E-state index in [1.807, 2.05) is 24.3 Å². The predicted molar refractivity (Wildman–Crippen MR) is 66.1 cm³/mol. The molecule has 1 fully saturated rings. The summed E-state index contributed by atoms with van der Waals surface area (Å²) in [4.78, 5) is 24.2. The van der Waals surface area contributed by atoms with Crippen molar-refractivity contribution in [3.8, 4) is 6.07 Å². The number of likely N-dealkylation sites (tertiary alicyclic amines) is 1. The third-order valence-electron chi connectivity index (χ3n) is 2.90. The molecular weight excluding hydrogens is 228 g/mol. The van der Waals surface area contributed by atoms with Gasteiger partial charge in [0, 0.05) is 12.6 Å². The van der Waals surface area contributed by atoms with Gasteiger partial charge in [-0.25, -0.2) is 0 Å². The quantitative estimate of drug-likeness (QED) is 0.581. The van der Waals surface area contributed by atoms with Gasteiger partial charge in [-0.1, -0.05) is 24.3 Å². The molecule has 4 nitrogen and oxygen atoms in total. The first kappa shape index (κ1) is 12.1. The first-order valence-corrected chi connectivity index (χ1v) is 5.59. The van der Waals surface area contributed by atoms with Crippen molar-refractivity contribution in [3.63, 3.8) is 0 Å². The predicted octanol–water partition coefficient (Wildman–Crippen LogP) is 1.52. The van der Waals surface area contributed by atoms with Crippen LogP contribution in [0.25, 0.3) is 6.08 Å². The van der Waals surface area contributed by atoms with Crippen LogP contribution in [0.1, 0.15) is 17.5 Å². The maximum Gasteiger partial charge on any atom is 0.256 e. The van der Waals surface area contributed by atoms with Crippen molar-refractivity contribution in [1.29, 1.82) is 5.26 Å². The topological polar surface area (TPSA) is 61.2 Å². The maximum absolute atomic E-state index is 11.7. The molecule has 0 bridgehead atoms. The Hall–Kier alpha value is -2.41. The van der Waals surface area contributed by atoms with Gasteiger partial charge in [-0.3, -0.25) is 14.5 Å². The normalized spacial score (nSPS) is 17.3. The van der Waals surface area contributed by atoms with E-state index in [0.29, 0.717) is 12.0 Å². The average molecular weight is 240 g/mol. The van der Waals surface area contributed by atoms with Gasteiger partial charge in [0.15, 0.2) is 0 Å². The highest BCUT2D eigenvalue weighted by molar-refractivity contribution is 6.15. The molecule has 90 valence electrons. The molecule has 2 amide bonds. The highest BCUT2D eigenvalue weighted by atomic mass is 16.2. The van der Waals surface area contributed by atoms with Gasteiger partial charge in [-0.2, -0.15) is 5.26 Å². The molecule has 4 heteroatoms. The fraction of sp³-hybridized carbons (Fsp3) is 0.214. The zero-order valence-corrected chi connectivity index (χ0v) is 10.0. The molecule has 0 N–H and O–H groups in total. The molecule has 1 aliphatic heterocycles. The number of nitrogens with zero attached hydrogens (tertiary/aromatic N) is 2. The fourth-order valence-electron chi connectivity index (χ4n) is 1.82. The summed E-state index contributed by atoms with van der Waals surface area (Å²) in [6.07, 6.45) is 2.26. The Balaban J connectivity index is 2.21. The number of carbonyl (C=O) groups excluding carboxylic acids is 2. The van der Waals surface area contributed by atoms with E-state index >= 15 is 0 Å². The molecule has 0 aromatic heterocycles. The minimum Gasteiger partial charge on any atom is -0.282 e. The molecule has 0 aliphatic carbocycles. The highest BCUT2D eigenvalue weighted by Gasteiger charge is 2.30. The van der Waals surface area contributed by atoms with Crippen molar-refractivity contribution >= 4 is 17.9 Å². The Bertz CT molecular complexity index is 564. The van der Waals surface area contributed by atoms with Crippen LogP contribution in [0, 0.1) is 11.3 Å². The lowest BCUT2D eigenvalue weighted by Crippen LogP contribution is -2.23. The van der Waals surface area contributed by atoms with E-state index < -0.39 is 0 Å². The number of hydrogen-bond donors (Lipinski definition) is 0. The summed E-state index contributed by atoms with van der Waals surface area (Å²) in [5.41, 5.74) is 2.31. The summed E-state index contributed by atoms with van der Waals surface area (Å²) in [5.74, 6) is -0.409. The summed E-state index contributed by atoms with van der Waals surface area (Å²) in [6.45, 7) is 0. The summed E-state index contributed by atoms with van der Waals surface area (Å²) in [5, 5.41) is 8.56. The molecule has 1 aliphatic rings. The van der Waals surface area contributed by atoms with Crippen LogP contribution < -0.4 is 0 Å². The Kier molecular flexibility index (Phi) is 3.24. The van der Waals surface area contributed by atoms with Gasteiger partial charge in [-0.05, 0) is 17.2 Å². The van der Waals surface area contributed by atoms with Crippen LogP contribution in [-0.2, 0) is 16.0 Å². The van der Waals surface area contributed by atoms with Gasteiger partial charge < -0.3 is 0 Å². The van der Waals surface area contributed by atoms with Gasteiger partial charge in [0.05, 0.1) is 18.9 Å². The first-order valence-electron chi connectivity index (χ1n) is 5.59. The fourth-order valence-corrected chi connectivity index (χ4v) is 1.82. The van der Waals surface area contributed by atoms with E-state index in [2.05, 4.69) is 6.07 Å². The number of carbonyl (C=O) groups is 2. The van der Waals surface area contributed by atoms with E-state index in [0.717, 1.165) is 16.0 Å². The Morgan fingerprint density at radius 2 is 2.00 bits per heavy atom. The maximum atomic E-state index is 11.7. The van der Waals surface area contributed by atoms with Gasteiger partial charge in [0.2, 0.25) is 5.91 Å². The molecule has 1 heterocycles. The second kappa shape index (κ2) is 4.84. The molecule has 0 atom stereocenters. The molecule has 1 aromatic carbocycles. The van der Waals surface area contributed by atoms with Crippen LogP contribution in [-0.4, -0.2) is 23.8 Å².